The first-order valence-electron chi connectivity index (χ1n) is 5.65. The van der Waals surface area contributed by atoms with Crippen LogP contribution in [0.2, 0.25) is 0 Å². The molecule has 0 saturated heterocycles. The number of carbonyl (C=O) groups is 2. The van der Waals surface area contributed by atoms with Crippen LogP contribution in [0.3, 0.4) is 0 Å². The number of aliphatic carboxylic acids is 1. The summed E-state index contributed by atoms with van der Waals surface area (Å²) in [5.41, 5.74) is -0.210. The normalized spacial score (nSPS) is 17.2. The molecular weight excluding hydrogens is 238 g/mol. The summed E-state index contributed by atoms with van der Waals surface area (Å²) < 4.78 is 0. The molecule has 1 amide bonds. The summed E-state index contributed by atoms with van der Waals surface area (Å²) in [6.45, 7) is 0.468. The third-order valence-corrected chi connectivity index (χ3v) is 4.18. The molecular formula is C12H15NO3S. The van der Waals surface area contributed by atoms with Gasteiger partial charge in [0.25, 0.3) is 5.91 Å². The molecule has 0 radical (unpaired) electrons. The molecule has 0 aromatic carbocycles. The fraction of sp³-hybridized carbons (Fsp3) is 0.500. The van der Waals surface area contributed by atoms with Gasteiger partial charge >= 0.3 is 5.97 Å². The van der Waals surface area contributed by atoms with Crippen molar-refractivity contribution < 1.29 is 14.7 Å². The zero-order valence-corrected chi connectivity index (χ0v) is 10.3. The molecule has 92 valence electrons. The molecule has 0 aliphatic heterocycles. The summed E-state index contributed by atoms with van der Waals surface area (Å²) in [7, 11) is 0. The van der Waals surface area contributed by atoms with E-state index in [0.29, 0.717) is 11.4 Å². The Morgan fingerprint density at radius 1 is 1.47 bits per heavy atom. The van der Waals surface area contributed by atoms with Crippen molar-refractivity contribution in [2.45, 2.75) is 25.7 Å². The third-order valence-electron chi connectivity index (χ3n) is 3.31. The highest BCUT2D eigenvalue weighted by Gasteiger charge is 2.39. The zero-order chi connectivity index (χ0) is 12.3. The predicted octanol–water partition coefficient (Wildman–Crippen LogP) is 2.12. The van der Waals surface area contributed by atoms with Crippen LogP contribution in [0, 0.1) is 5.41 Å². The van der Waals surface area contributed by atoms with E-state index in [-0.39, 0.29) is 17.7 Å². The Bertz CT molecular complexity index is 409. The Labute approximate surface area is 104 Å². The number of nitrogens with one attached hydrogen (secondary N) is 1. The summed E-state index contributed by atoms with van der Waals surface area (Å²) in [5, 5.41) is 13.5. The third kappa shape index (κ3) is 2.85. The van der Waals surface area contributed by atoms with Crippen molar-refractivity contribution in [1.82, 2.24) is 5.32 Å². The number of carboxylic acid groups (broad SMARTS) is 1. The van der Waals surface area contributed by atoms with Gasteiger partial charge in [0.05, 0.1) is 11.3 Å². The van der Waals surface area contributed by atoms with E-state index in [2.05, 4.69) is 5.32 Å². The van der Waals surface area contributed by atoms with Crippen LogP contribution in [0.25, 0.3) is 0 Å². The van der Waals surface area contributed by atoms with E-state index in [9.17, 15) is 9.59 Å². The van der Waals surface area contributed by atoms with Crippen LogP contribution in [-0.2, 0) is 4.79 Å². The minimum absolute atomic E-state index is 0.100. The maximum absolute atomic E-state index is 11.7. The number of carboxylic acids is 1. The van der Waals surface area contributed by atoms with Gasteiger partial charge < -0.3 is 10.4 Å². The fourth-order valence-electron chi connectivity index (χ4n) is 2.18. The molecule has 2 N–H and O–H groups in total. The number of hydrogen-bond acceptors (Lipinski definition) is 3. The van der Waals surface area contributed by atoms with E-state index in [1.54, 1.807) is 6.07 Å². The number of hydrogen-bond donors (Lipinski definition) is 2. The minimum atomic E-state index is -0.782. The van der Waals surface area contributed by atoms with Crippen molar-refractivity contribution in [1.29, 1.82) is 0 Å². The van der Waals surface area contributed by atoms with Crippen LogP contribution in [0.15, 0.2) is 17.5 Å². The average molecular weight is 253 g/mol. The van der Waals surface area contributed by atoms with Gasteiger partial charge in [-0.1, -0.05) is 12.5 Å². The second-order valence-electron chi connectivity index (χ2n) is 4.58. The van der Waals surface area contributed by atoms with Crippen LogP contribution in [0.5, 0.6) is 0 Å². The van der Waals surface area contributed by atoms with Crippen molar-refractivity contribution in [3.63, 3.8) is 0 Å². The van der Waals surface area contributed by atoms with Crippen molar-refractivity contribution in [3.05, 3.63) is 22.4 Å². The second kappa shape index (κ2) is 4.87. The van der Waals surface area contributed by atoms with Crippen molar-refractivity contribution in [2.24, 2.45) is 5.41 Å². The van der Waals surface area contributed by atoms with Gasteiger partial charge in [-0.2, -0.15) is 0 Å². The first-order chi connectivity index (χ1) is 8.11. The van der Waals surface area contributed by atoms with E-state index in [4.69, 9.17) is 5.11 Å². The molecule has 1 aromatic rings. The summed E-state index contributed by atoms with van der Waals surface area (Å²) in [5.74, 6) is -0.883. The Hall–Kier alpha value is -1.36. The van der Waals surface area contributed by atoms with Crippen LogP contribution in [-0.4, -0.2) is 23.5 Å². The molecule has 1 heterocycles. The Morgan fingerprint density at radius 3 is 2.71 bits per heavy atom. The maximum atomic E-state index is 11.7. The van der Waals surface area contributed by atoms with Crippen LogP contribution < -0.4 is 5.32 Å². The zero-order valence-electron chi connectivity index (χ0n) is 9.44. The Morgan fingerprint density at radius 2 is 2.24 bits per heavy atom. The lowest BCUT2D eigenvalue weighted by atomic mass is 9.66. The van der Waals surface area contributed by atoms with E-state index < -0.39 is 5.97 Å². The molecule has 1 aromatic heterocycles. The van der Waals surface area contributed by atoms with Crippen molar-refractivity contribution in [2.75, 3.05) is 6.54 Å². The predicted molar refractivity (Wildman–Crippen MR) is 65.2 cm³/mol. The molecule has 0 spiro atoms. The highest BCUT2D eigenvalue weighted by Crippen LogP contribution is 2.43. The largest absolute Gasteiger partial charge is 0.481 e. The van der Waals surface area contributed by atoms with Gasteiger partial charge in [0.2, 0.25) is 0 Å². The standard InChI is InChI=1S/C12H15NO3S/c14-10(15)7-12(4-2-5-12)8-13-11(16)9-3-1-6-17-9/h1,3,6H,2,4-5,7-8H2,(H,13,16)(H,14,15). The van der Waals surface area contributed by atoms with Crippen LogP contribution in [0.1, 0.15) is 35.4 Å². The lowest BCUT2D eigenvalue weighted by Crippen LogP contribution is -2.43. The van der Waals surface area contributed by atoms with Crippen molar-refractivity contribution >= 4 is 23.2 Å². The fourth-order valence-corrected chi connectivity index (χ4v) is 2.82. The van der Waals surface area contributed by atoms with Gasteiger partial charge in [-0.25, -0.2) is 0 Å². The topological polar surface area (TPSA) is 66.4 Å². The summed E-state index contributed by atoms with van der Waals surface area (Å²) in [4.78, 5) is 23.2. The quantitative estimate of drug-likeness (QED) is 0.844. The molecule has 0 unspecified atom stereocenters. The summed E-state index contributed by atoms with van der Waals surface area (Å²) in [6, 6.07) is 3.60. The lowest BCUT2D eigenvalue weighted by molar-refractivity contribution is -0.141. The highest BCUT2D eigenvalue weighted by atomic mass is 32.1. The molecule has 1 fully saturated rings. The number of amides is 1. The van der Waals surface area contributed by atoms with Gasteiger partial charge in [0, 0.05) is 6.54 Å². The SMILES string of the molecule is O=C(O)CC1(CNC(=O)c2cccs2)CCC1. The molecule has 17 heavy (non-hydrogen) atoms. The first-order valence-corrected chi connectivity index (χ1v) is 6.53. The molecule has 0 bridgehead atoms. The molecule has 5 heteroatoms. The molecule has 1 aliphatic carbocycles. The van der Waals surface area contributed by atoms with Gasteiger partial charge in [0.1, 0.15) is 0 Å². The van der Waals surface area contributed by atoms with E-state index >= 15 is 0 Å². The van der Waals surface area contributed by atoms with Crippen LogP contribution in [0.4, 0.5) is 0 Å². The minimum Gasteiger partial charge on any atom is -0.481 e. The Kier molecular flexibility index (Phi) is 3.47. The number of thiophene rings is 1. The highest BCUT2D eigenvalue weighted by molar-refractivity contribution is 7.12. The van der Waals surface area contributed by atoms with Gasteiger partial charge in [-0.15, -0.1) is 11.3 Å². The number of rotatable bonds is 5. The lowest BCUT2D eigenvalue weighted by Gasteiger charge is -2.40. The van der Waals surface area contributed by atoms with E-state index in [1.807, 2.05) is 11.4 Å². The van der Waals surface area contributed by atoms with E-state index in [0.717, 1.165) is 19.3 Å². The smallest absolute Gasteiger partial charge is 0.303 e. The van der Waals surface area contributed by atoms with E-state index in [1.165, 1.54) is 11.3 Å². The molecule has 1 saturated carbocycles. The average Bonchev–Trinajstić information content (AvgIpc) is 2.74. The molecule has 4 nitrogen and oxygen atoms in total. The van der Waals surface area contributed by atoms with Crippen molar-refractivity contribution in [3.8, 4) is 0 Å². The van der Waals surface area contributed by atoms with Gasteiger partial charge in [-0.05, 0) is 29.7 Å². The molecule has 1 aliphatic rings. The summed E-state index contributed by atoms with van der Waals surface area (Å²) in [6.07, 6.45) is 2.99. The number of carbonyl (C=O) groups excluding carboxylic acids is 1. The first kappa shape index (κ1) is 12.1. The monoisotopic (exact) mass is 253 g/mol. The summed E-state index contributed by atoms with van der Waals surface area (Å²) >= 11 is 1.39. The maximum Gasteiger partial charge on any atom is 0.303 e. The van der Waals surface area contributed by atoms with Crippen LogP contribution >= 0.6 is 11.3 Å². The van der Waals surface area contributed by atoms with Gasteiger partial charge in [-0.3, -0.25) is 9.59 Å². The van der Waals surface area contributed by atoms with Gasteiger partial charge in [0.15, 0.2) is 0 Å². The molecule has 2 rings (SSSR count). The second-order valence-corrected chi connectivity index (χ2v) is 5.53. The molecule has 0 atom stereocenters. The Balaban J connectivity index is 1.88.